The maximum absolute atomic E-state index is 13.2. The van der Waals surface area contributed by atoms with Crippen molar-refractivity contribution in [3.05, 3.63) is 53.1 Å². The van der Waals surface area contributed by atoms with Gasteiger partial charge in [-0.3, -0.25) is 9.48 Å². The molecule has 18 heavy (non-hydrogen) atoms. The molecule has 0 aliphatic carbocycles. The van der Waals surface area contributed by atoms with Crippen molar-refractivity contribution in [1.82, 2.24) is 9.78 Å². The van der Waals surface area contributed by atoms with Gasteiger partial charge in [-0.25, -0.2) is 4.39 Å². The average molecular weight is 246 g/mol. The first-order chi connectivity index (χ1) is 8.50. The zero-order valence-electron chi connectivity index (χ0n) is 10.6. The van der Waals surface area contributed by atoms with E-state index in [1.165, 1.54) is 12.1 Å². The first-order valence-electron chi connectivity index (χ1n) is 5.85. The van der Waals surface area contributed by atoms with Crippen LogP contribution in [0.4, 0.5) is 4.39 Å². The van der Waals surface area contributed by atoms with Crippen LogP contribution in [-0.2, 0) is 0 Å². The van der Waals surface area contributed by atoms with Gasteiger partial charge in [-0.15, -0.1) is 0 Å². The van der Waals surface area contributed by atoms with E-state index in [2.05, 4.69) is 5.10 Å². The van der Waals surface area contributed by atoms with Gasteiger partial charge in [-0.1, -0.05) is 0 Å². The van der Waals surface area contributed by atoms with Crippen LogP contribution in [0, 0.1) is 12.7 Å². The molecule has 0 unspecified atom stereocenters. The fraction of sp³-hybridized carbons (Fsp3) is 0.286. The van der Waals surface area contributed by atoms with Gasteiger partial charge in [0.1, 0.15) is 11.5 Å². The van der Waals surface area contributed by atoms with Crippen LogP contribution >= 0.6 is 0 Å². The van der Waals surface area contributed by atoms with Gasteiger partial charge in [0.2, 0.25) is 5.78 Å². The maximum atomic E-state index is 13.2. The van der Waals surface area contributed by atoms with E-state index < -0.39 is 0 Å². The molecular formula is C14H15FN2O. The second-order valence-corrected chi connectivity index (χ2v) is 4.55. The van der Waals surface area contributed by atoms with Crippen LogP contribution in [-0.4, -0.2) is 15.6 Å². The topological polar surface area (TPSA) is 34.9 Å². The Morgan fingerprint density at radius 3 is 2.67 bits per heavy atom. The van der Waals surface area contributed by atoms with E-state index in [1.807, 2.05) is 13.8 Å². The first kappa shape index (κ1) is 12.5. The molecule has 0 bridgehead atoms. The molecule has 0 spiro atoms. The Kier molecular flexibility index (Phi) is 3.28. The summed E-state index contributed by atoms with van der Waals surface area (Å²) in [5.41, 5.74) is 1.48. The van der Waals surface area contributed by atoms with Gasteiger partial charge in [0.15, 0.2) is 0 Å². The maximum Gasteiger partial charge on any atom is 0.211 e. The third-order valence-electron chi connectivity index (χ3n) is 2.81. The number of hydrogen-bond acceptors (Lipinski definition) is 2. The van der Waals surface area contributed by atoms with E-state index in [4.69, 9.17) is 0 Å². The number of benzene rings is 1. The molecule has 2 aromatic rings. The summed E-state index contributed by atoms with van der Waals surface area (Å²) in [7, 11) is 0. The van der Waals surface area contributed by atoms with E-state index in [0.29, 0.717) is 16.8 Å². The van der Waals surface area contributed by atoms with Gasteiger partial charge in [0.05, 0.1) is 0 Å². The lowest BCUT2D eigenvalue weighted by Gasteiger charge is -2.10. The van der Waals surface area contributed by atoms with Gasteiger partial charge in [-0.2, -0.15) is 5.10 Å². The second-order valence-electron chi connectivity index (χ2n) is 4.55. The molecule has 0 amide bonds. The highest BCUT2D eigenvalue weighted by atomic mass is 19.1. The zero-order valence-corrected chi connectivity index (χ0v) is 10.6. The molecule has 1 heterocycles. The lowest BCUT2D eigenvalue weighted by Crippen LogP contribution is -2.13. The number of aromatic nitrogens is 2. The predicted octanol–water partition coefficient (Wildman–Crippen LogP) is 3.14. The summed E-state index contributed by atoms with van der Waals surface area (Å²) in [6, 6.07) is 6.18. The lowest BCUT2D eigenvalue weighted by molar-refractivity contribution is 0.102. The van der Waals surface area contributed by atoms with Crippen LogP contribution in [0.25, 0.3) is 0 Å². The van der Waals surface area contributed by atoms with Crippen molar-refractivity contribution in [1.29, 1.82) is 0 Å². The summed E-state index contributed by atoms with van der Waals surface area (Å²) < 4.78 is 14.9. The Morgan fingerprint density at radius 1 is 1.33 bits per heavy atom. The average Bonchev–Trinajstić information content (AvgIpc) is 2.81. The Labute approximate surface area is 105 Å². The number of aryl methyl sites for hydroxylation is 1. The van der Waals surface area contributed by atoms with Crippen molar-refractivity contribution in [2.24, 2.45) is 0 Å². The van der Waals surface area contributed by atoms with Gasteiger partial charge in [-0.05, 0) is 50.6 Å². The van der Waals surface area contributed by atoms with Crippen LogP contribution in [0.5, 0.6) is 0 Å². The molecule has 0 saturated carbocycles. The van der Waals surface area contributed by atoms with Crippen LogP contribution < -0.4 is 0 Å². The van der Waals surface area contributed by atoms with E-state index in [-0.39, 0.29) is 17.6 Å². The second kappa shape index (κ2) is 4.72. The minimum atomic E-state index is -0.302. The van der Waals surface area contributed by atoms with E-state index in [1.54, 1.807) is 29.9 Å². The molecule has 0 saturated heterocycles. The number of hydrogen-bond donors (Lipinski definition) is 0. The Bertz CT molecular complexity index is 587. The van der Waals surface area contributed by atoms with Crippen molar-refractivity contribution in [2.45, 2.75) is 26.8 Å². The van der Waals surface area contributed by atoms with Gasteiger partial charge in [0.25, 0.3) is 0 Å². The quantitative estimate of drug-likeness (QED) is 0.780. The molecule has 0 N–H and O–H groups in total. The molecule has 2 rings (SSSR count). The van der Waals surface area contributed by atoms with E-state index >= 15 is 0 Å². The molecular weight excluding hydrogens is 231 g/mol. The van der Waals surface area contributed by atoms with E-state index in [0.717, 1.165) is 0 Å². The first-order valence-corrected chi connectivity index (χ1v) is 5.85. The SMILES string of the molecule is Cc1cc(C(=O)c2ccnn2C(C)C)ccc1F. The standard InChI is InChI=1S/C14H15FN2O/c1-9(2)17-13(6-7-16-17)14(18)11-4-5-12(15)10(3)8-11/h4-9H,1-3H3. The van der Waals surface area contributed by atoms with Crippen molar-refractivity contribution < 1.29 is 9.18 Å². The molecule has 0 aliphatic rings. The van der Waals surface area contributed by atoms with Gasteiger partial charge in [0, 0.05) is 17.8 Å². The minimum Gasteiger partial charge on any atom is -0.287 e. The molecule has 1 aromatic heterocycles. The smallest absolute Gasteiger partial charge is 0.211 e. The van der Waals surface area contributed by atoms with Gasteiger partial charge >= 0.3 is 0 Å². The van der Waals surface area contributed by atoms with Crippen LogP contribution in [0.2, 0.25) is 0 Å². The van der Waals surface area contributed by atoms with Crippen LogP contribution in [0.1, 0.15) is 41.5 Å². The Balaban J connectivity index is 2.42. The number of ketones is 1. The Morgan fingerprint density at radius 2 is 2.06 bits per heavy atom. The highest BCUT2D eigenvalue weighted by Gasteiger charge is 2.16. The molecule has 0 atom stereocenters. The molecule has 0 radical (unpaired) electrons. The summed E-state index contributed by atoms with van der Waals surface area (Å²) >= 11 is 0. The molecule has 0 aliphatic heterocycles. The summed E-state index contributed by atoms with van der Waals surface area (Å²) in [5, 5.41) is 4.12. The number of carbonyl (C=O) groups excluding carboxylic acids is 1. The monoisotopic (exact) mass is 246 g/mol. The summed E-state index contributed by atoms with van der Waals surface area (Å²) in [5.74, 6) is -0.437. The fourth-order valence-corrected chi connectivity index (χ4v) is 1.84. The highest BCUT2D eigenvalue weighted by molar-refractivity contribution is 6.07. The van der Waals surface area contributed by atoms with Crippen molar-refractivity contribution in [3.8, 4) is 0 Å². The summed E-state index contributed by atoms with van der Waals surface area (Å²) in [6.45, 7) is 5.56. The number of nitrogens with zero attached hydrogens (tertiary/aromatic N) is 2. The fourth-order valence-electron chi connectivity index (χ4n) is 1.84. The number of halogens is 1. The summed E-state index contributed by atoms with van der Waals surface area (Å²) in [4.78, 5) is 12.3. The molecule has 1 aromatic carbocycles. The largest absolute Gasteiger partial charge is 0.287 e. The molecule has 94 valence electrons. The third kappa shape index (κ3) is 2.18. The predicted molar refractivity (Wildman–Crippen MR) is 67.2 cm³/mol. The van der Waals surface area contributed by atoms with Crippen molar-refractivity contribution in [3.63, 3.8) is 0 Å². The van der Waals surface area contributed by atoms with Crippen molar-refractivity contribution >= 4 is 5.78 Å². The highest BCUT2D eigenvalue weighted by Crippen LogP contribution is 2.16. The normalized spacial score (nSPS) is 10.9. The van der Waals surface area contributed by atoms with Crippen molar-refractivity contribution in [2.75, 3.05) is 0 Å². The lowest BCUT2D eigenvalue weighted by atomic mass is 10.1. The third-order valence-corrected chi connectivity index (χ3v) is 2.81. The van der Waals surface area contributed by atoms with Gasteiger partial charge < -0.3 is 0 Å². The number of carbonyl (C=O) groups is 1. The van der Waals surface area contributed by atoms with Crippen LogP contribution in [0.3, 0.4) is 0 Å². The molecule has 3 nitrogen and oxygen atoms in total. The summed E-state index contributed by atoms with van der Waals surface area (Å²) in [6.07, 6.45) is 1.60. The minimum absolute atomic E-state index is 0.112. The molecule has 0 fully saturated rings. The van der Waals surface area contributed by atoms with Crippen LogP contribution in [0.15, 0.2) is 30.5 Å². The Hall–Kier alpha value is -1.97. The number of rotatable bonds is 3. The van der Waals surface area contributed by atoms with E-state index in [9.17, 15) is 9.18 Å². The molecule has 4 heteroatoms. The zero-order chi connectivity index (χ0) is 13.3.